The van der Waals surface area contributed by atoms with E-state index in [-0.39, 0.29) is 11.5 Å². The van der Waals surface area contributed by atoms with Crippen molar-refractivity contribution in [1.82, 2.24) is 15.6 Å². The zero-order valence-electron chi connectivity index (χ0n) is 11.7. The Balaban J connectivity index is 2.71. The van der Waals surface area contributed by atoms with Gasteiger partial charge >= 0.3 is 11.9 Å². The van der Waals surface area contributed by atoms with Crippen molar-refractivity contribution in [3.63, 3.8) is 0 Å². The first-order chi connectivity index (χ1) is 9.60. The Morgan fingerprint density at radius 1 is 1.38 bits per heavy atom. The van der Waals surface area contributed by atoms with Gasteiger partial charge in [0.2, 0.25) is 11.5 Å². The molecule has 0 aliphatic rings. The number of rotatable bonds is 5. The number of aliphatic carboxylic acids is 1. The molecule has 4 N–H and O–H groups in total. The van der Waals surface area contributed by atoms with Crippen molar-refractivity contribution < 1.29 is 28.9 Å². The molecule has 0 aliphatic heterocycles. The molecule has 1 atom stereocenters. The number of nitrogens with one attached hydrogen (secondary N) is 1. The summed E-state index contributed by atoms with van der Waals surface area (Å²) in [6.07, 6.45) is -0.538. The fraction of sp³-hybridized carbons (Fsp3) is 0.545. The molecule has 0 radical (unpaired) electrons. The number of anilines is 1. The van der Waals surface area contributed by atoms with Gasteiger partial charge in [0.05, 0.1) is 6.42 Å². The number of carbonyl (C=O) groups excluding carboxylic acids is 2. The van der Waals surface area contributed by atoms with Crippen LogP contribution in [0.1, 0.15) is 37.7 Å². The summed E-state index contributed by atoms with van der Waals surface area (Å²) in [4.78, 5) is 34.4. The molecule has 0 aliphatic carbocycles. The van der Waals surface area contributed by atoms with Crippen LogP contribution in [-0.2, 0) is 14.3 Å². The second-order valence-corrected chi connectivity index (χ2v) is 5.15. The van der Waals surface area contributed by atoms with Crippen LogP contribution < -0.4 is 11.1 Å². The first-order valence-electron chi connectivity index (χ1n) is 5.93. The number of nitrogen functional groups attached to an aromatic ring is 1. The molecule has 0 saturated carbocycles. The van der Waals surface area contributed by atoms with Gasteiger partial charge in [0.15, 0.2) is 0 Å². The van der Waals surface area contributed by atoms with E-state index in [4.69, 9.17) is 15.6 Å². The third-order valence-corrected chi connectivity index (χ3v) is 2.12. The predicted octanol–water partition coefficient (Wildman–Crippen LogP) is -0.433. The summed E-state index contributed by atoms with van der Waals surface area (Å²) in [7, 11) is 0. The predicted molar refractivity (Wildman–Crippen MR) is 68.1 cm³/mol. The molecule has 10 nitrogen and oxygen atoms in total. The maximum Gasteiger partial charge on any atom is 0.326 e. The molecule has 0 aromatic carbocycles. The van der Waals surface area contributed by atoms with Gasteiger partial charge in [0.25, 0.3) is 5.91 Å². The summed E-state index contributed by atoms with van der Waals surface area (Å²) in [5, 5.41) is 17.5. The van der Waals surface area contributed by atoms with Gasteiger partial charge in [-0.2, -0.15) is 0 Å². The van der Waals surface area contributed by atoms with E-state index in [2.05, 4.69) is 20.3 Å². The Morgan fingerprint density at radius 3 is 2.43 bits per heavy atom. The zero-order chi connectivity index (χ0) is 16.2. The van der Waals surface area contributed by atoms with Crippen LogP contribution in [0, 0.1) is 0 Å². The van der Waals surface area contributed by atoms with Crippen LogP contribution in [-0.4, -0.2) is 44.9 Å². The van der Waals surface area contributed by atoms with E-state index in [1.807, 2.05) is 0 Å². The number of hydrogen-bond acceptors (Lipinski definition) is 8. The van der Waals surface area contributed by atoms with Gasteiger partial charge in [-0.25, -0.2) is 9.42 Å². The van der Waals surface area contributed by atoms with Crippen LogP contribution in [0.3, 0.4) is 0 Å². The van der Waals surface area contributed by atoms with Gasteiger partial charge in [-0.3, -0.25) is 9.59 Å². The number of carboxylic acids is 1. The van der Waals surface area contributed by atoms with Gasteiger partial charge < -0.3 is 20.9 Å². The SMILES string of the molecule is CC(C)(C)OC(=O)C[C@H](NC(=O)c1nonc1N)C(=O)O. The number of nitrogens with two attached hydrogens (primary N) is 1. The first kappa shape index (κ1) is 16.4. The summed E-state index contributed by atoms with van der Waals surface area (Å²) < 4.78 is 9.22. The molecule has 0 fully saturated rings. The van der Waals surface area contributed by atoms with E-state index < -0.39 is 35.9 Å². The molecule has 116 valence electrons. The highest BCUT2D eigenvalue weighted by molar-refractivity contribution is 5.98. The summed E-state index contributed by atoms with van der Waals surface area (Å²) in [5.74, 6) is -3.36. The molecular weight excluding hydrogens is 284 g/mol. The van der Waals surface area contributed by atoms with Crippen molar-refractivity contribution in [1.29, 1.82) is 0 Å². The highest BCUT2D eigenvalue weighted by Crippen LogP contribution is 2.10. The van der Waals surface area contributed by atoms with Gasteiger partial charge in [0.1, 0.15) is 11.6 Å². The van der Waals surface area contributed by atoms with Gasteiger partial charge in [-0.1, -0.05) is 0 Å². The van der Waals surface area contributed by atoms with Crippen LogP contribution >= 0.6 is 0 Å². The molecule has 1 aromatic rings. The summed E-state index contributed by atoms with van der Waals surface area (Å²) in [5.41, 5.74) is 4.20. The van der Waals surface area contributed by atoms with Crippen molar-refractivity contribution in [2.45, 2.75) is 38.8 Å². The number of carbonyl (C=O) groups is 3. The summed E-state index contributed by atoms with van der Waals surface area (Å²) in [6.45, 7) is 4.92. The standard InChI is InChI=1S/C11H16N4O6/c1-11(2,3)20-6(16)4-5(10(18)19)13-9(17)7-8(12)15-21-14-7/h5H,4H2,1-3H3,(H2,12,15)(H,13,17)(H,18,19)/t5-/m0/s1. The number of hydrogen-bond donors (Lipinski definition) is 3. The quantitative estimate of drug-likeness (QED) is 0.613. The van der Waals surface area contributed by atoms with E-state index in [1.165, 1.54) is 0 Å². The number of aromatic nitrogens is 2. The second kappa shape index (κ2) is 6.20. The Morgan fingerprint density at radius 2 is 2.00 bits per heavy atom. The minimum Gasteiger partial charge on any atom is -0.480 e. The number of carboxylic acid groups (broad SMARTS) is 1. The number of ether oxygens (including phenoxy) is 1. The molecule has 0 spiro atoms. The van der Waals surface area contributed by atoms with Crippen molar-refractivity contribution >= 4 is 23.7 Å². The lowest BCUT2D eigenvalue weighted by Gasteiger charge is -2.21. The highest BCUT2D eigenvalue weighted by Gasteiger charge is 2.28. The van der Waals surface area contributed by atoms with Gasteiger partial charge in [-0.05, 0) is 31.1 Å². The lowest BCUT2D eigenvalue weighted by Crippen LogP contribution is -2.43. The Kier molecular flexibility index (Phi) is 4.84. The fourth-order valence-electron chi connectivity index (χ4n) is 1.33. The largest absolute Gasteiger partial charge is 0.480 e. The third kappa shape index (κ3) is 5.09. The molecule has 1 rings (SSSR count). The number of esters is 1. The maximum atomic E-state index is 11.7. The van der Waals surface area contributed by atoms with Crippen LogP contribution in [0.5, 0.6) is 0 Å². The van der Waals surface area contributed by atoms with Crippen molar-refractivity contribution in [2.24, 2.45) is 0 Å². The van der Waals surface area contributed by atoms with E-state index in [9.17, 15) is 14.4 Å². The molecule has 21 heavy (non-hydrogen) atoms. The van der Waals surface area contributed by atoms with Crippen LogP contribution in [0.15, 0.2) is 4.63 Å². The van der Waals surface area contributed by atoms with Crippen molar-refractivity contribution in [2.75, 3.05) is 5.73 Å². The third-order valence-electron chi connectivity index (χ3n) is 2.12. The van der Waals surface area contributed by atoms with Crippen LogP contribution in [0.2, 0.25) is 0 Å². The lowest BCUT2D eigenvalue weighted by molar-refractivity contribution is -0.158. The summed E-state index contributed by atoms with van der Waals surface area (Å²) in [6, 6.07) is -1.48. The average Bonchev–Trinajstić information content (AvgIpc) is 2.71. The highest BCUT2D eigenvalue weighted by atomic mass is 16.6. The monoisotopic (exact) mass is 300 g/mol. The maximum absolute atomic E-state index is 11.7. The molecule has 0 unspecified atom stereocenters. The molecular formula is C11H16N4O6. The molecule has 0 saturated heterocycles. The molecule has 1 heterocycles. The number of nitrogens with zero attached hydrogens (tertiary/aromatic N) is 2. The average molecular weight is 300 g/mol. The first-order valence-corrected chi connectivity index (χ1v) is 5.93. The zero-order valence-corrected chi connectivity index (χ0v) is 11.7. The molecule has 10 heteroatoms. The molecule has 1 aromatic heterocycles. The normalized spacial score (nSPS) is 12.5. The van der Waals surface area contributed by atoms with E-state index in [0.717, 1.165) is 0 Å². The smallest absolute Gasteiger partial charge is 0.326 e. The lowest BCUT2D eigenvalue weighted by atomic mass is 10.1. The van der Waals surface area contributed by atoms with Gasteiger partial charge in [-0.15, -0.1) is 0 Å². The topological polar surface area (TPSA) is 158 Å². The van der Waals surface area contributed by atoms with Crippen LogP contribution in [0.25, 0.3) is 0 Å². The Labute approximate surface area is 119 Å². The van der Waals surface area contributed by atoms with E-state index in [1.54, 1.807) is 20.8 Å². The van der Waals surface area contributed by atoms with Crippen molar-refractivity contribution in [3.05, 3.63) is 5.69 Å². The van der Waals surface area contributed by atoms with Crippen LogP contribution in [0.4, 0.5) is 5.82 Å². The van der Waals surface area contributed by atoms with E-state index in [0.29, 0.717) is 0 Å². The fourth-order valence-corrected chi connectivity index (χ4v) is 1.33. The molecule has 1 amide bonds. The Hall–Kier alpha value is -2.65. The minimum atomic E-state index is -1.48. The minimum absolute atomic E-state index is 0.283. The Bertz CT molecular complexity index is 547. The van der Waals surface area contributed by atoms with Crippen molar-refractivity contribution in [3.8, 4) is 0 Å². The summed E-state index contributed by atoms with van der Waals surface area (Å²) >= 11 is 0. The molecule has 0 bridgehead atoms. The number of amides is 1. The second-order valence-electron chi connectivity index (χ2n) is 5.15. The van der Waals surface area contributed by atoms with E-state index >= 15 is 0 Å². The van der Waals surface area contributed by atoms with Gasteiger partial charge in [0, 0.05) is 0 Å².